The summed E-state index contributed by atoms with van der Waals surface area (Å²) in [5.41, 5.74) is 1.61. The predicted octanol–water partition coefficient (Wildman–Crippen LogP) is 3.60. The number of nitro benzene ring substituents is 1. The van der Waals surface area contributed by atoms with Crippen molar-refractivity contribution in [1.82, 2.24) is 14.9 Å². The van der Waals surface area contributed by atoms with E-state index in [-0.39, 0.29) is 16.3 Å². The number of nitrogens with one attached hydrogen (secondary N) is 1. The van der Waals surface area contributed by atoms with Crippen molar-refractivity contribution in [3.63, 3.8) is 0 Å². The van der Waals surface area contributed by atoms with Crippen molar-refractivity contribution in [3.05, 3.63) is 68.7 Å². The van der Waals surface area contributed by atoms with Gasteiger partial charge in [0.2, 0.25) is 4.77 Å². The van der Waals surface area contributed by atoms with E-state index in [0.29, 0.717) is 22.6 Å². The number of H-pyrrole nitrogens is 1. The molecule has 10 heteroatoms. The SMILES string of the molecule is CN(C)c1ccc(/C=N\n2c(-c3ccc(F)cc3)n[nH]c2=S)cc1[N+](=O)[O-]. The van der Waals surface area contributed by atoms with Gasteiger partial charge in [-0.15, -0.1) is 0 Å². The molecule has 3 rings (SSSR count). The van der Waals surface area contributed by atoms with E-state index in [1.54, 1.807) is 43.3 Å². The molecule has 0 amide bonds. The first-order valence-electron chi connectivity index (χ1n) is 7.80. The Kier molecular flexibility index (Phi) is 5.08. The van der Waals surface area contributed by atoms with Crippen LogP contribution in [0.4, 0.5) is 15.8 Å². The first-order chi connectivity index (χ1) is 12.9. The molecule has 0 spiro atoms. The highest BCUT2D eigenvalue weighted by molar-refractivity contribution is 7.71. The van der Waals surface area contributed by atoms with E-state index < -0.39 is 4.92 Å². The van der Waals surface area contributed by atoms with Gasteiger partial charge in [-0.25, -0.2) is 9.49 Å². The molecule has 0 aliphatic carbocycles. The highest BCUT2D eigenvalue weighted by atomic mass is 32.1. The van der Waals surface area contributed by atoms with Gasteiger partial charge in [-0.3, -0.25) is 10.1 Å². The lowest BCUT2D eigenvalue weighted by molar-refractivity contribution is -0.384. The monoisotopic (exact) mass is 386 g/mol. The molecular formula is C17H15FN6O2S. The molecule has 0 unspecified atom stereocenters. The third-order valence-electron chi connectivity index (χ3n) is 3.75. The van der Waals surface area contributed by atoms with Crippen LogP contribution in [0.5, 0.6) is 0 Å². The molecule has 1 N–H and O–H groups in total. The van der Waals surface area contributed by atoms with Crippen molar-refractivity contribution in [3.8, 4) is 11.4 Å². The minimum atomic E-state index is -0.444. The summed E-state index contributed by atoms with van der Waals surface area (Å²) in [4.78, 5) is 12.5. The van der Waals surface area contributed by atoms with E-state index >= 15 is 0 Å². The minimum Gasteiger partial charge on any atom is -0.372 e. The van der Waals surface area contributed by atoms with Crippen LogP contribution in [-0.2, 0) is 0 Å². The van der Waals surface area contributed by atoms with Crippen molar-refractivity contribution in [2.45, 2.75) is 0 Å². The maximum Gasteiger partial charge on any atom is 0.293 e. The van der Waals surface area contributed by atoms with E-state index in [2.05, 4.69) is 15.3 Å². The van der Waals surface area contributed by atoms with Crippen LogP contribution in [0, 0.1) is 20.7 Å². The van der Waals surface area contributed by atoms with Crippen LogP contribution in [-0.4, -0.2) is 40.1 Å². The molecule has 138 valence electrons. The number of aromatic nitrogens is 3. The van der Waals surface area contributed by atoms with Crippen molar-refractivity contribution in [2.24, 2.45) is 5.10 Å². The second-order valence-electron chi connectivity index (χ2n) is 5.82. The number of benzene rings is 2. The van der Waals surface area contributed by atoms with Crippen molar-refractivity contribution in [2.75, 3.05) is 19.0 Å². The molecule has 3 aromatic rings. The van der Waals surface area contributed by atoms with Crippen molar-refractivity contribution < 1.29 is 9.31 Å². The summed E-state index contributed by atoms with van der Waals surface area (Å²) >= 11 is 5.18. The van der Waals surface area contributed by atoms with Gasteiger partial charge in [-0.2, -0.15) is 14.9 Å². The first kappa shape index (κ1) is 18.4. The molecule has 1 heterocycles. The lowest BCUT2D eigenvalue weighted by Crippen LogP contribution is -2.11. The van der Waals surface area contributed by atoms with Gasteiger partial charge in [0.05, 0.1) is 11.1 Å². The summed E-state index contributed by atoms with van der Waals surface area (Å²) in [7, 11) is 3.46. The van der Waals surface area contributed by atoms with Crippen LogP contribution >= 0.6 is 12.2 Å². The van der Waals surface area contributed by atoms with Gasteiger partial charge in [0.15, 0.2) is 5.82 Å². The maximum atomic E-state index is 13.1. The number of nitro groups is 1. The van der Waals surface area contributed by atoms with Gasteiger partial charge in [0.1, 0.15) is 11.5 Å². The zero-order chi connectivity index (χ0) is 19.6. The van der Waals surface area contributed by atoms with Gasteiger partial charge in [-0.05, 0) is 42.5 Å². The summed E-state index contributed by atoms with van der Waals surface area (Å²) in [6.45, 7) is 0. The van der Waals surface area contributed by atoms with Gasteiger partial charge < -0.3 is 4.90 Å². The number of nitrogens with zero attached hydrogens (tertiary/aromatic N) is 5. The van der Waals surface area contributed by atoms with Crippen molar-refractivity contribution in [1.29, 1.82) is 0 Å². The summed E-state index contributed by atoms with van der Waals surface area (Å²) in [5.74, 6) is 0.0342. The Morgan fingerprint density at radius 3 is 2.63 bits per heavy atom. The Bertz CT molecular complexity index is 1070. The van der Waals surface area contributed by atoms with Crippen LogP contribution in [0.3, 0.4) is 0 Å². The molecule has 0 bridgehead atoms. The number of aromatic amines is 1. The van der Waals surface area contributed by atoms with Gasteiger partial charge in [0, 0.05) is 31.3 Å². The van der Waals surface area contributed by atoms with Crippen LogP contribution in [0.1, 0.15) is 5.56 Å². The molecule has 0 aliphatic heterocycles. The zero-order valence-electron chi connectivity index (χ0n) is 14.5. The molecule has 8 nitrogen and oxygen atoms in total. The van der Waals surface area contributed by atoms with E-state index in [9.17, 15) is 14.5 Å². The van der Waals surface area contributed by atoms with E-state index in [4.69, 9.17) is 12.2 Å². The maximum absolute atomic E-state index is 13.1. The van der Waals surface area contributed by atoms with Crippen molar-refractivity contribution >= 4 is 29.8 Å². The summed E-state index contributed by atoms with van der Waals surface area (Å²) in [5, 5.41) is 22.3. The van der Waals surface area contributed by atoms with Crippen LogP contribution in [0.25, 0.3) is 11.4 Å². The molecule has 0 saturated heterocycles. The smallest absolute Gasteiger partial charge is 0.293 e. The first-order valence-corrected chi connectivity index (χ1v) is 8.21. The molecule has 0 fully saturated rings. The molecule has 2 aromatic carbocycles. The Hall–Kier alpha value is -3.40. The number of hydrogen-bond donors (Lipinski definition) is 1. The van der Waals surface area contributed by atoms with Crippen LogP contribution in [0.15, 0.2) is 47.6 Å². The second kappa shape index (κ2) is 7.46. The lowest BCUT2D eigenvalue weighted by atomic mass is 10.2. The fraction of sp³-hybridized carbons (Fsp3) is 0.118. The largest absolute Gasteiger partial charge is 0.372 e. The third-order valence-corrected chi connectivity index (χ3v) is 4.02. The van der Waals surface area contributed by atoms with Gasteiger partial charge >= 0.3 is 0 Å². The number of halogens is 1. The fourth-order valence-corrected chi connectivity index (χ4v) is 2.63. The number of anilines is 1. The number of hydrogen-bond acceptors (Lipinski definition) is 6. The van der Waals surface area contributed by atoms with Crippen LogP contribution in [0.2, 0.25) is 0 Å². The second-order valence-corrected chi connectivity index (χ2v) is 6.20. The van der Waals surface area contributed by atoms with E-state index in [1.165, 1.54) is 29.1 Å². The average Bonchev–Trinajstić information content (AvgIpc) is 3.00. The molecule has 0 saturated carbocycles. The molecule has 1 aromatic heterocycles. The quantitative estimate of drug-likeness (QED) is 0.313. The molecule has 0 aliphatic rings. The topological polar surface area (TPSA) is 92.3 Å². The Morgan fingerprint density at radius 2 is 2.00 bits per heavy atom. The fourth-order valence-electron chi connectivity index (χ4n) is 2.45. The predicted molar refractivity (Wildman–Crippen MR) is 103 cm³/mol. The highest BCUT2D eigenvalue weighted by Gasteiger charge is 2.15. The lowest BCUT2D eigenvalue weighted by Gasteiger charge is -2.12. The molecular weight excluding hydrogens is 371 g/mol. The zero-order valence-corrected chi connectivity index (χ0v) is 15.3. The Labute approximate surface area is 158 Å². The summed E-state index contributed by atoms with van der Waals surface area (Å²) in [6.07, 6.45) is 1.45. The molecule has 27 heavy (non-hydrogen) atoms. The number of rotatable bonds is 5. The van der Waals surface area contributed by atoms with Gasteiger partial charge in [-0.1, -0.05) is 6.07 Å². The van der Waals surface area contributed by atoms with E-state index in [1.807, 2.05) is 0 Å². The van der Waals surface area contributed by atoms with Crippen LogP contribution < -0.4 is 4.90 Å². The van der Waals surface area contributed by atoms with E-state index in [0.717, 1.165) is 0 Å². The Morgan fingerprint density at radius 1 is 1.30 bits per heavy atom. The summed E-state index contributed by atoms with van der Waals surface area (Å²) < 4.78 is 14.7. The average molecular weight is 386 g/mol. The molecule has 0 radical (unpaired) electrons. The summed E-state index contributed by atoms with van der Waals surface area (Å²) in [6, 6.07) is 10.5. The standard InChI is InChI=1S/C17H15FN6O2S/c1-22(2)14-8-3-11(9-15(14)24(25)26)10-19-23-16(20-21-17(23)27)12-4-6-13(18)7-5-12/h3-10H,1-2H3,(H,21,27)/b19-10-. The third kappa shape index (κ3) is 3.90. The van der Waals surface area contributed by atoms with Gasteiger partial charge in [0.25, 0.3) is 5.69 Å². The molecule has 0 atom stereocenters. The Balaban J connectivity index is 1.99. The normalized spacial score (nSPS) is 11.1. The highest BCUT2D eigenvalue weighted by Crippen LogP contribution is 2.27. The minimum absolute atomic E-state index is 0.0292.